The zero-order valence-corrected chi connectivity index (χ0v) is 20.8. The number of benzene rings is 2. The Labute approximate surface area is 217 Å². The highest BCUT2D eigenvalue weighted by atomic mass is 16.5. The third-order valence-corrected chi connectivity index (χ3v) is 6.85. The van der Waals surface area contributed by atoms with E-state index in [1.165, 1.54) is 13.2 Å². The van der Waals surface area contributed by atoms with Gasteiger partial charge < -0.3 is 19.7 Å². The number of aromatic nitrogens is 1. The minimum atomic E-state index is -0.659. The maximum absolute atomic E-state index is 13.3. The lowest BCUT2D eigenvalue weighted by atomic mass is 9.75. The van der Waals surface area contributed by atoms with Gasteiger partial charge in [0.05, 0.1) is 18.2 Å². The van der Waals surface area contributed by atoms with Crippen LogP contribution in [0.3, 0.4) is 0 Å². The number of hydrogen-bond acceptors (Lipinski definition) is 9. The number of allylic oxidation sites excluding steroid dienone is 2. The van der Waals surface area contributed by atoms with Crippen molar-refractivity contribution in [2.45, 2.75) is 31.8 Å². The molecular formula is C28H24N2O8. The van der Waals surface area contributed by atoms with Gasteiger partial charge in [0.2, 0.25) is 0 Å². The molecule has 0 saturated carbocycles. The number of carbonyl (C=O) groups excluding carboxylic acids is 6. The fourth-order valence-corrected chi connectivity index (χ4v) is 5.02. The van der Waals surface area contributed by atoms with Crippen LogP contribution in [-0.2, 0) is 40.7 Å². The van der Waals surface area contributed by atoms with Gasteiger partial charge in [-0.1, -0.05) is 30.3 Å². The lowest BCUT2D eigenvalue weighted by Gasteiger charge is -2.50. The van der Waals surface area contributed by atoms with Gasteiger partial charge >= 0.3 is 18.3 Å². The number of phenolic OH excluding ortho intramolecular Hbond substituents is 1. The number of phenols is 1. The number of nitrogens with zero attached hydrogens (tertiary/aromatic N) is 1. The number of ether oxygens (including phenoxy) is 1. The van der Waals surface area contributed by atoms with Crippen molar-refractivity contribution in [3.05, 3.63) is 88.8 Å². The van der Waals surface area contributed by atoms with Crippen LogP contribution in [0.4, 0.5) is 0 Å². The fraction of sp³-hybridized carbons (Fsp3) is 0.214. The number of H-pyrrole nitrogens is 1. The summed E-state index contributed by atoms with van der Waals surface area (Å²) < 4.78 is 5.16. The molecule has 194 valence electrons. The zero-order chi connectivity index (χ0) is 28.0. The molecule has 10 nitrogen and oxygen atoms in total. The van der Waals surface area contributed by atoms with Gasteiger partial charge in [0.15, 0.2) is 5.78 Å². The van der Waals surface area contributed by atoms with Crippen LogP contribution in [0.5, 0.6) is 5.75 Å². The third kappa shape index (κ3) is 4.69. The standard InChI is InChI=1S/C26H24N2O4.2CO2/c1-15-12-16(23(30)18-9-5-7-11-22(18)29)14-28-21(25(31)32-3)13-19-17-8-4-6-10-20(17)27-24(19)26(15,28)2;2*2-1-3/h4-12,14,21,27,29H,13H2,1-3H3;;/t21-,26?;;/m0../s1. The summed E-state index contributed by atoms with van der Waals surface area (Å²) in [4.78, 5) is 64.1. The molecule has 3 heterocycles. The van der Waals surface area contributed by atoms with Crippen molar-refractivity contribution in [3.63, 3.8) is 0 Å². The van der Waals surface area contributed by atoms with E-state index >= 15 is 0 Å². The third-order valence-electron chi connectivity index (χ3n) is 6.85. The number of carbonyl (C=O) groups is 2. The summed E-state index contributed by atoms with van der Waals surface area (Å²) >= 11 is 0. The number of para-hydroxylation sites is 2. The maximum Gasteiger partial charge on any atom is 0.373 e. The van der Waals surface area contributed by atoms with Gasteiger partial charge in [-0.3, -0.25) is 4.79 Å². The minimum Gasteiger partial charge on any atom is -0.507 e. The number of hydrogen-bond donors (Lipinski definition) is 2. The Bertz CT molecular complexity index is 1510. The van der Waals surface area contributed by atoms with Gasteiger partial charge in [-0.2, -0.15) is 19.2 Å². The normalized spacial score (nSPS) is 18.9. The highest BCUT2D eigenvalue weighted by Crippen LogP contribution is 2.48. The van der Waals surface area contributed by atoms with Crippen molar-refractivity contribution >= 4 is 35.0 Å². The molecule has 38 heavy (non-hydrogen) atoms. The van der Waals surface area contributed by atoms with E-state index in [-0.39, 0.29) is 35.4 Å². The molecule has 10 heteroatoms. The first-order valence-electron chi connectivity index (χ1n) is 11.4. The lowest BCUT2D eigenvalue weighted by molar-refractivity contribution is -0.193. The number of rotatable bonds is 3. The van der Waals surface area contributed by atoms with Crippen molar-refractivity contribution < 1.29 is 38.6 Å². The Kier molecular flexibility index (Phi) is 8.23. The number of methoxy groups -OCH3 is 1. The Morgan fingerprint density at radius 2 is 1.66 bits per heavy atom. The smallest absolute Gasteiger partial charge is 0.373 e. The molecule has 2 N–H and O–H groups in total. The molecule has 2 aliphatic heterocycles. The molecule has 0 aliphatic carbocycles. The number of Topliss-reactive ketones (excluding diaryl/α,β-unsaturated/α-hetero) is 1. The van der Waals surface area contributed by atoms with E-state index in [0.29, 0.717) is 12.0 Å². The van der Waals surface area contributed by atoms with Crippen LogP contribution < -0.4 is 0 Å². The Balaban J connectivity index is 0.000000611. The van der Waals surface area contributed by atoms with E-state index in [1.807, 2.05) is 36.1 Å². The van der Waals surface area contributed by atoms with Crippen LogP contribution in [0.2, 0.25) is 0 Å². The van der Waals surface area contributed by atoms with E-state index in [1.54, 1.807) is 24.4 Å². The zero-order valence-electron chi connectivity index (χ0n) is 20.8. The Morgan fingerprint density at radius 1 is 1.05 bits per heavy atom. The average molecular weight is 517 g/mol. The molecule has 2 aromatic carbocycles. The number of fused-ring (bicyclic) bond motifs is 5. The van der Waals surface area contributed by atoms with Crippen molar-refractivity contribution in [1.82, 2.24) is 9.88 Å². The van der Waals surface area contributed by atoms with Crippen molar-refractivity contribution in [2.75, 3.05) is 7.11 Å². The van der Waals surface area contributed by atoms with E-state index in [0.717, 1.165) is 27.7 Å². The molecule has 5 rings (SSSR count). The number of aromatic hydroxyl groups is 1. The first kappa shape index (κ1) is 27.5. The first-order valence-corrected chi connectivity index (χ1v) is 11.4. The molecule has 0 amide bonds. The molecule has 3 aromatic rings. The van der Waals surface area contributed by atoms with Crippen LogP contribution in [0, 0.1) is 0 Å². The van der Waals surface area contributed by atoms with Gasteiger partial charge in [0, 0.05) is 34.8 Å². The highest BCUT2D eigenvalue weighted by Gasteiger charge is 2.49. The topological polar surface area (TPSA) is 151 Å². The molecule has 0 spiro atoms. The number of nitrogens with one attached hydrogen (secondary N) is 1. The average Bonchev–Trinajstić information content (AvgIpc) is 3.29. The van der Waals surface area contributed by atoms with Crippen molar-refractivity contribution in [2.24, 2.45) is 0 Å². The summed E-state index contributed by atoms with van der Waals surface area (Å²) in [7, 11) is 1.38. The predicted octanol–water partition coefficient (Wildman–Crippen LogP) is 3.05. The number of esters is 1. The lowest BCUT2D eigenvalue weighted by Crippen LogP contribution is -2.56. The number of ketones is 1. The van der Waals surface area contributed by atoms with E-state index in [9.17, 15) is 14.7 Å². The second-order valence-corrected chi connectivity index (χ2v) is 8.67. The quantitative estimate of drug-likeness (QED) is 0.395. The second-order valence-electron chi connectivity index (χ2n) is 8.67. The summed E-state index contributed by atoms with van der Waals surface area (Å²) in [6.07, 6.45) is 4.54. The van der Waals surface area contributed by atoms with Crippen LogP contribution in [0.15, 0.2) is 72.0 Å². The fourth-order valence-electron chi connectivity index (χ4n) is 5.02. The Morgan fingerprint density at radius 3 is 2.29 bits per heavy atom. The van der Waals surface area contributed by atoms with Crippen LogP contribution >= 0.6 is 0 Å². The maximum atomic E-state index is 13.3. The second kappa shape index (κ2) is 11.3. The SMILES string of the molecule is COC(=O)[C@@H]1Cc2c([nH]c3ccccc23)C2(C)C(C)=CC(C(=O)c3ccccc3O)=CN12.O=C=O.O=C=O. The summed E-state index contributed by atoms with van der Waals surface area (Å²) in [5.41, 5.74) is 4.01. The van der Waals surface area contributed by atoms with Gasteiger partial charge in [-0.05, 0) is 49.3 Å². The molecule has 0 fully saturated rings. The largest absolute Gasteiger partial charge is 0.507 e. The molecule has 0 saturated heterocycles. The van der Waals surface area contributed by atoms with Crippen LogP contribution in [0.1, 0.15) is 35.5 Å². The summed E-state index contributed by atoms with van der Waals surface area (Å²) in [5, 5.41) is 11.3. The van der Waals surface area contributed by atoms with Crippen molar-refractivity contribution in [3.8, 4) is 5.75 Å². The molecule has 0 radical (unpaired) electrons. The van der Waals surface area contributed by atoms with Gasteiger partial charge in [0.25, 0.3) is 0 Å². The highest BCUT2D eigenvalue weighted by molar-refractivity contribution is 6.12. The molecular weight excluding hydrogens is 492 g/mol. The summed E-state index contributed by atoms with van der Waals surface area (Å²) in [6.45, 7) is 4.02. The van der Waals surface area contributed by atoms with Crippen molar-refractivity contribution in [1.29, 1.82) is 0 Å². The van der Waals surface area contributed by atoms with E-state index < -0.39 is 11.6 Å². The summed E-state index contributed by atoms with van der Waals surface area (Å²) in [5.74, 6) is -0.720. The minimum absolute atomic E-state index is 0.0705. The van der Waals surface area contributed by atoms with Gasteiger partial charge in [-0.25, -0.2) is 4.79 Å². The summed E-state index contributed by atoms with van der Waals surface area (Å²) in [6, 6.07) is 13.9. The molecule has 2 atom stereocenters. The molecule has 1 unspecified atom stereocenters. The van der Waals surface area contributed by atoms with E-state index in [2.05, 4.69) is 18.0 Å². The molecule has 0 bridgehead atoms. The van der Waals surface area contributed by atoms with Gasteiger partial charge in [-0.15, -0.1) is 0 Å². The number of aromatic amines is 1. The molecule has 1 aromatic heterocycles. The molecule has 2 aliphatic rings. The van der Waals surface area contributed by atoms with Gasteiger partial charge in [0.1, 0.15) is 11.8 Å². The van der Waals surface area contributed by atoms with Crippen LogP contribution in [0.25, 0.3) is 10.9 Å². The predicted molar refractivity (Wildman–Crippen MR) is 131 cm³/mol. The van der Waals surface area contributed by atoms with E-state index in [4.69, 9.17) is 23.9 Å². The first-order chi connectivity index (χ1) is 18.2. The monoisotopic (exact) mass is 516 g/mol. The Hall–Kier alpha value is -5.04. The van der Waals surface area contributed by atoms with Crippen LogP contribution in [-0.4, -0.2) is 52.2 Å².